The van der Waals surface area contributed by atoms with Crippen LogP contribution in [0.2, 0.25) is 0 Å². The minimum absolute atomic E-state index is 0.0456. The van der Waals surface area contributed by atoms with Crippen molar-refractivity contribution in [3.8, 4) is 0 Å². The summed E-state index contributed by atoms with van der Waals surface area (Å²) in [7, 11) is -3.94. The molecule has 1 aliphatic heterocycles. The van der Waals surface area contributed by atoms with Gasteiger partial charge in [0.2, 0.25) is 0 Å². The Morgan fingerprint density at radius 3 is 1.94 bits per heavy atom. The first-order chi connectivity index (χ1) is 15.5. The molecule has 0 amide bonds. The first kappa shape index (κ1) is 28.3. The van der Waals surface area contributed by atoms with Crippen LogP contribution < -0.4 is 0 Å². The molecule has 0 bridgehead atoms. The van der Waals surface area contributed by atoms with Gasteiger partial charge in [0.15, 0.2) is 0 Å². The fourth-order valence-corrected chi connectivity index (χ4v) is 3.71. The van der Waals surface area contributed by atoms with Crippen LogP contribution in [-0.4, -0.2) is 30.2 Å². The van der Waals surface area contributed by atoms with Gasteiger partial charge >= 0.3 is 13.8 Å². The molecule has 1 N–H and O–H groups in total. The minimum Gasteiger partial charge on any atom is -0.463 e. The Balaban J connectivity index is 1.94. The van der Waals surface area contributed by atoms with E-state index in [-0.39, 0.29) is 25.6 Å². The Morgan fingerprint density at radius 2 is 1.44 bits per heavy atom. The van der Waals surface area contributed by atoms with Gasteiger partial charge in [0.05, 0.1) is 6.61 Å². The van der Waals surface area contributed by atoms with E-state index in [0.29, 0.717) is 6.42 Å². The number of ether oxygens (including phenoxy) is 1. The van der Waals surface area contributed by atoms with Gasteiger partial charge in [0.25, 0.3) is 0 Å². The van der Waals surface area contributed by atoms with Gasteiger partial charge in [0.1, 0.15) is 12.7 Å². The van der Waals surface area contributed by atoms with Crippen LogP contribution in [0.3, 0.4) is 0 Å². The van der Waals surface area contributed by atoms with E-state index in [1.165, 1.54) is 25.7 Å². The summed E-state index contributed by atoms with van der Waals surface area (Å²) in [6, 6.07) is 0. The molecule has 1 fully saturated rings. The molecule has 7 heteroatoms. The van der Waals surface area contributed by atoms with Gasteiger partial charge in [-0.1, -0.05) is 80.5 Å². The molecular weight excluding hydrogens is 427 g/mol. The van der Waals surface area contributed by atoms with Crippen molar-refractivity contribution in [3.63, 3.8) is 0 Å². The average molecular weight is 467 g/mol. The third kappa shape index (κ3) is 16.9. The number of phosphoric ester groups is 1. The first-order valence-electron chi connectivity index (χ1n) is 11.6. The Kier molecular flexibility index (Phi) is 16.6. The van der Waals surface area contributed by atoms with Crippen molar-refractivity contribution < 1.29 is 28.0 Å². The predicted molar refractivity (Wildman–Crippen MR) is 129 cm³/mol. The lowest BCUT2D eigenvalue weighted by molar-refractivity contribution is -0.145. The summed E-state index contributed by atoms with van der Waals surface area (Å²) in [5, 5.41) is 0. The Morgan fingerprint density at radius 1 is 0.906 bits per heavy atom. The van der Waals surface area contributed by atoms with Crippen LogP contribution in [0.25, 0.3) is 0 Å². The van der Waals surface area contributed by atoms with E-state index < -0.39 is 13.9 Å². The Hall–Kier alpha value is -1.72. The second-order valence-electron chi connectivity index (χ2n) is 7.51. The molecule has 6 nitrogen and oxygen atoms in total. The van der Waals surface area contributed by atoms with Crippen LogP contribution in [0.5, 0.6) is 0 Å². The summed E-state index contributed by atoms with van der Waals surface area (Å²) in [5.74, 6) is -0.365. The highest BCUT2D eigenvalue weighted by molar-refractivity contribution is 7.47. The zero-order valence-corrected chi connectivity index (χ0v) is 20.2. The van der Waals surface area contributed by atoms with Crippen molar-refractivity contribution in [1.82, 2.24) is 0 Å². The normalized spacial score (nSPS) is 21.9. The second kappa shape index (κ2) is 18.8. The van der Waals surface area contributed by atoms with E-state index >= 15 is 0 Å². The molecule has 1 saturated heterocycles. The van der Waals surface area contributed by atoms with Gasteiger partial charge in [-0.25, -0.2) is 4.57 Å². The van der Waals surface area contributed by atoms with Gasteiger partial charge in [-0.05, 0) is 44.9 Å². The van der Waals surface area contributed by atoms with Crippen LogP contribution in [0, 0.1) is 0 Å². The van der Waals surface area contributed by atoms with E-state index in [0.717, 1.165) is 25.7 Å². The highest BCUT2D eigenvalue weighted by atomic mass is 31.2. The molecule has 0 radical (unpaired) electrons. The molecule has 1 aliphatic rings. The quantitative estimate of drug-likeness (QED) is 0.111. The Bertz CT molecular complexity index is 693. The number of carbonyl (C=O) groups is 1. The van der Waals surface area contributed by atoms with E-state index in [1.807, 2.05) is 12.2 Å². The molecule has 0 aromatic heterocycles. The molecule has 1 rings (SSSR count). The van der Waals surface area contributed by atoms with Gasteiger partial charge in [0, 0.05) is 6.42 Å². The fourth-order valence-electron chi connectivity index (χ4n) is 2.80. The monoisotopic (exact) mass is 466 g/mol. The summed E-state index contributed by atoms with van der Waals surface area (Å²) in [6.07, 6.45) is 30.4. The number of allylic oxidation sites excluding steroid dienone is 10. The highest BCUT2D eigenvalue weighted by Crippen LogP contribution is 2.49. The van der Waals surface area contributed by atoms with Crippen LogP contribution in [0.1, 0.15) is 71.1 Å². The highest BCUT2D eigenvalue weighted by Gasteiger charge is 2.35. The van der Waals surface area contributed by atoms with Gasteiger partial charge < -0.3 is 9.63 Å². The Labute approximate surface area is 193 Å². The predicted octanol–water partition coefficient (Wildman–Crippen LogP) is 6.75. The molecule has 180 valence electrons. The summed E-state index contributed by atoms with van der Waals surface area (Å²) in [5.41, 5.74) is 0. The van der Waals surface area contributed by atoms with Crippen molar-refractivity contribution in [1.29, 1.82) is 0 Å². The maximum Gasteiger partial charge on any atom is 0.472 e. The molecule has 1 heterocycles. The van der Waals surface area contributed by atoms with Crippen molar-refractivity contribution in [2.24, 2.45) is 0 Å². The van der Waals surface area contributed by atoms with Crippen LogP contribution in [0.15, 0.2) is 60.8 Å². The fraction of sp³-hybridized carbons (Fsp3) is 0.560. The van der Waals surface area contributed by atoms with Gasteiger partial charge in [-0.3, -0.25) is 13.8 Å². The van der Waals surface area contributed by atoms with Crippen LogP contribution >= 0.6 is 7.82 Å². The maximum absolute atomic E-state index is 11.6. The average Bonchev–Trinajstić information content (AvgIpc) is 3.12. The standard InChI is InChI=1S/C25H39O6P/c1-2-3-4-5-6-7-8-9-10-11-12-13-14-15-16-17-18-19-20-21-25(26)29-22-24-23-30-32(27,28)31-24/h6-7,9-10,12-13,15-16,18-19,24H,2-5,8,11,14,17,20-23H2,1H3,(H,27,28)/b7-6-,10-9-,13-12-,16-15-,19-18-. The van der Waals surface area contributed by atoms with Crippen LogP contribution in [-0.2, 0) is 23.1 Å². The zero-order chi connectivity index (χ0) is 23.3. The number of hydrogen-bond donors (Lipinski definition) is 1. The van der Waals surface area contributed by atoms with E-state index in [4.69, 9.17) is 14.2 Å². The molecule has 2 atom stereocenters. The van der Waals surface area contributed by atoms with Gasteiger partial charge in [-0.15, -0.1) is 0 Å². The van der Waals surface area contributed by atoms with Crippen molar-refractivity contribution in [2.75, 3.05) is 13.2 Å². The SMILES string of the molecule is CCCCC/C=C\C/C=C\C/C=C\C/C=C\C/C=C\CCC(=O)OCC1COP(=O)(O)O1. The molecule has 32 heavy (non-hydrogen) atoms. The number of carbonyl (C=O) groups excluding carboxylic acids is 1. The van der Waals surface area contributed by atoms with Gasteiger partial charge in [-0.2, -0.15) is 0 Å². The lowest BCUT2D eigenvalue weighted by Gasteiger charge is -2.08. The van der Waals surface area contributed by atoms with Crippen molar-refractivity contribution in [3.05, 3.63) is 60.8 Å². The first-order valence-corrected chi connectivity index (χ1v) is 13.1. The maximum atomic E-state index is 11.6. The number of unbranched alkanes of at least 4 members (excludes halogenated alkanes) is 3. The van der Waals surface area contributed by atoms with Crippen LogP contribution in [0.4, 0.5) is 0 Å². The second-order valence-corrected chi connectivity index (χ2v) is 8.92. The summed E-state index contributed by atoms with van der Waals surface area (Å²) >= 11 is 0. The minimum atomic E-state index is -3.94. The molecule has 0 aliphatic carbocycles. The molecule has 0 aromatic rings. The smallest absolute Gasteiger partial charge is 0.463 e. The van der Waals surface area contributed by atoms with E-state index in [9.17, 15) is 9.36 Å². The lowest BCUT2D eigenvalue weighted by atomic mass is 10.2. The number of esters is 1. The van der Waals surface area contributed by atoms with E-state index in [1.54, 1.807) is 0 Å². The van der Waals surface area contributed by atoms with Crippen molar-refractivity contribution >= 4 is 13.8 Å². The lowest BCUT2D eigenvalue weighted by Crippen LogP contribution is -2.20. The molecule has 0 aromatic carbocycles. The third-order valence-electron chi connectivity index (χ3n) is 4.55. The molecule has 2 unspecified atom stereocenters. The number of rotatable bonds is 17. The molecule has 0 spiro atoms. The largest absolute Gasteiger partial charge is 0.472 e. The number of hydrogen-bond acceptors (Lipinski definition) is 5. The summed E-state index contributed by atoms with van der Waals surface area (Å²) in [4.78, 5) is 20.7. The summed E-state index contributed by atoms with van der Waals surface area (Å²) in [6.45, 7) is 2.11. The van der Waals surface area contributed by atoms with Crippen molar-refractivity contribution in [2.45, 2.75) is 77.2 Å². The molecule has 0 saturated carbocycles. The van der Waals surface area contributed by atoms with E-state index in [2.05, 4.69) is 60.1 Å². The number of phosphoric acid groups is 1. The molecular formula is C25H39O6P. The topological polar surface area (TPSA) is 82.1 Å². The summed E-state index contributed by atoms with van der Waals surface area (Å²) < 4.78 is 25.4. The third-order valence-corrected chi connectivity index (χ3v) is 5.59. The zero-order valence-electron chi connectivity index (χ0n) is 19.3.